The van der Waals surface area contributed by atoms with Gasteiger partial charge in [0.15, 0.2) is 0 Å². The third kappa shape index (κ3) is 8.37. The van der Waals surface area contributed by atoms with Crippen molar-refractivity contribution in [3.8, 4) is 0 Å². The zero-order chi connectivity index (χ0) is 37.4. The first kappa shape index (κ1) is 37.5. The van der Waals surface area contributed by atoms with E-state index < -0.39 is 74.8 Å². The van der Waals surface area contributed by atoms with Crippen LogP contribution in [0, 0.1) is 17.3 Å². The number of fused-ring (bicyclic) bond motifs is 1. The molecule has 5 atom stereocenters. The van der Waals surface area contributed by atoms with Gasteiger partial charge in [0.05, 0.1) is 37.2 Å². The lowest BCUT2D eigenvalue weighted by Gasteiger charge is -2.34. The highest BCUT2D eigenvalue weighted by Gasteiger charge is 2.62. The Bertz CT molecular complexity index is 1680. The summed E-state index contributed by atoms with van der Waals surface area (Å²) >= 11 is 0. The van der Waals surface area contributed by atoms with Crippen LogP contribution in [0.4, 0.5) is 9.59 Å². The first-order valence-electron chi connectivity index (χ1n) is 18.2. The van der Waals surface area contributed by atoms with Crippen LogP contribution in [0.2, 0.25) is 0 Å². The van der Waals surface area contributed by atoms with Crippen molar-refractivity contribution in [2.45, 2.75) is 121 Å². The number of nitrogens with zero attached hydrogens (tertiary/aromatic N) is 3. The third-order valence-corrected chi connectivity index (χ3v) is 12.4. The molecule has 4 fully saturated rings. The maximum Gasteiger partial charge on any atom is 0.410 e. The number of pyridine rings is 1. The monoisotopic (exact) mass is 742 g/mol. The van der Waals surface area contributed by atoms with Gasteiger partial charge in [-0.2, -0.15) is 0 Å². The van der Waals surface area contributed by atoms with Crippen molar-refractivity contribution < 1.29 is 41.9 Å². The lowest BCUT2D eigenvalue weighted by Crippen LogP contribution is -2.59. The van der Waals surface area contributed by atoms with Gasteiger partial charge < -0.3 is 25.0 Å². The van der Waals surface area contributed by atoms with Gasteiger partial charge in [0.1, 0.15) is 23.7 Å². The number of ether oxygens (including phenoxy) is 2. The van der Waals surface area contributed by atoms with E-state index in [0.29, 0.717) is 32.2 Å². The van der Waals surface area contributed by atoms with E-state index in [9.17, 15) is 32.4 Å². The molecule has 15 nitrogen and oxygen atoms in total. The second kappa shape index (κ2) is 14.7. The number of likely N-dealkylation sites (tertiary alicyclic amines) is 1. The number of sulfonamides is 1. The summed E-state index contributed by atoms with van der Waals surface area (Å²) in [7, 11) is -3.91. The normalized spacial score (nSPS) is 26.5. The predicted molar refractivity (Wildman–Crippen MR) is 187 cm³/mol. The fraction of sp³-hybridized carbons (Fsp3) is 0.667. The quantitative estimate of drug-likeness (QED) is 0.284. The Hall–Kier alpha value is -4.21. The van der Waals surface area contributed by atoms with E-state index in [2.05, 4.69) is 26.9 Å². The first-order chi connectivity index (χ1) is 24.6. The summed E-state index contributed by atoms with van der Waals surface area (Å²) in [6, 6.07) is 1.46. The molecule has 3 heterocycles. The molecule has 3 aliphatic carbocycles. The van der Waals surface area contributed by atoms with Crippen molar-refractivity contribution in [2.24, 2.45) is 17.3 Å². The van der Waals surface area contributed by atoms with Crippen molar-refractivity contribution in [3.05, 3.63) is 42.2 Å². The summed E-state index contributed by atoms with van der Waals surface area (Å²) in [5.74, 6) is -2.85. The van der Waals surface area contributed by atoms with E-state index in [1.165, 1.54) is 15.9 Å². The van der Waals surface area contributed by atoms with Crippen molar-refractivity contribution in [2.75, 3.05) is 13.2 Å². The van der Waals surface area contributed by atoms with E-state index >= 15 is 0 Å². The first-order valence-corrected chi connectivity index (χ1v) is 19.8. The van der Waals surface area contributed by atoms with Gasteiger partial charge in [-0.25, -0.2) is 18.0 Å². The third-order valence-electron chi connectivity index (χ3n) is 10.6. The molecule has 284 valence electrons. The molecule has 5 amide bonds. The average Bonchev–Trinajstić information content (AvgIpc) is 4.00. The van der Waals surface area contributed by atoms with E-state index in [1.807, 2.05) is 26.8 Å². The summed E-state index contributed by atoms with van der Waals surface area (Å²) < 4.78 is 38.9. The number of rotatable bonds is 11. The molecule has 1 unspecified atom stereocenters. The number of amides is 5. The number of alkyl carbamates (subject to hydrolysis) is 1. The molecule has 5 aliphatic rings. The maximum absolute atomic E-state index is 14.6. The van der Waals surface area contributed by atoms with Crippen molar-refractivity contribution in [3.63, 3.8) is 0 Å². The Morgan fingerprint density at radius 2 is 1.83 bits per heavy atom. The van der Waals surface area contributed by atoms with Crippen LogP contribution in [0.5, 0.6) is 0 Å². The van der Waals surface area contributed by atoms with E-state index in [-0.39, 0.29) is 43.9 Å². The SMILES string of the molecule is C=C[C@@H]1C[C@]1(NC(=O)[C@@H]1CC(OC(=O)N2Cc3cccnc3C2)CN1C(=O)[C@@H](NC(=O)OCC(C)(C)C)C1CCCCC1)C(=O)NS(=O)(=O)C1CC1. The van der Waals surface area contributed by atoms with Crippen LogP contribution in [0.1, 0.15) is 89.8 Å². The lowest BCUT2D eigenvalue weighted by atomic mass is 9.83. The molecular formula is C36H50N6O9S. The van der Waals surface area contributed by atoms with Gasteiger partial charge in [-0.1, -0.05) is 52.2 Å². The molecule has 1 aromatic rings. The minimum absolute atomic E-state index is 0.0783. The van der Waals surface area contributed by atoms with Crippen molar-refractivity contribution in [1.82, 2.24) is 30.1 Å². The number of nitrogens with one attached hydrogen (secondary N) is 3. The second-order valence-electron chi connectivity index (χ2n) is 16.1. The van der Waals surface area contributed by atoms with Crippen LogP contribution in [0.3, 0.4) is 0 Å². The number of hydrogen-bond acceptors (Lipinski definition) is 10. The number of carbonyl (C=O) groups excluding carboxylic acids is 5. The zero-order valence-electron chi connectivity index (χ0n) is 30.1. The summed E-state index contributed by atoms with van der Waals surface area (Å²) in [6.07, 6.45) is 5.93. The topological polar surface area (TPSA) is 193 Å². The van der Waals surface area contributed by atoms with Gasteiger partial charge in [-0.15, -0.1) is 6.58 Å². The molecule has 1 saturated heterocycles. The Morgan fingerprint density at radius 3 is 2.46 bits per heavy atom. The molecule has 0 aromatic carbocycles. The molecule has 0 spiro atoms. The minimum atomic E-state index is -3.91. The fourth-order valence-corrected chi connectivity index (χ4v) is 8.78. The van der Waals surface area contributed by atoms with Gasteiger partial charge >= 0.3 is 12.2 Å². The second-order valence-corrected chi connectivity index (χ2v) is 18.0. The van der Waals surface area contributed by atoms with Gasteiger partial charge in [-0.3, -0.25) is 29.0 Å². The molecule has 3 saturated carbocycles. The molecule has 52 heavy (non-hydrogen) atoms. The highest BCUT2D eigenvalue weighted by Crippen LogP contribution is 2.45. The average molecular weight is 743 g/mol. The Labute approximate surface area is 304 Å². The summed E-state index contributed by atoms with van der Waals surface area (Å²) in [4.78, 5) is 75.8. The van der Waals surface area contributed by atoms with E-state index in [0.717, 1.165) is 30.5 Å². The van der Waals surface area contributed by atoms with E-state index in [4.69, 9.17) is 9.47 Å². The number of aromatic nitrogens is 1. The molecule has 2 aliphatic heterocycles. The van der Waals surface area contributed by atoms with Gasteiger partial charge in [0.2, 0.25) is 21.8 Å². The Kier molecular flexibility index (Phi) is 10.6. The number of hydrogen-bond donors (Lipinski definition) is 3. The van der Waals surface area contributed by atoms with Gasteiger partial charge in [0, 0.05) is 18.5 Å². The fourth-order valence-electron chi connectivity index (χ4n) is 7.42. The molecule has 6 rings (SSSR count). The molecule has 16 heteroatoms. The van der Waals surface area contributed by atoms with Crippen LogP contribution in [-0.4, -0.2) is 95.2 Å². The summed E-state index contributed by atoms with van der Waals surface area (Å²) in [6.45, 7) is 10.1. The smallest absolute Gasteiger partial charge is 0.410 e. The molecular weight excluding hydrogens is 692 g/mol. The molecule has 0 radical (unpaired) electrons. The van der Waals surface area contributed by atoms with E-state index in [1.54, 1.807) is 12.3 Å². The Morgan fingerprint density at radius 1 is 1.10 bits per heavy atom. The number of carbonyl (C=O) groups is 5. The van der Waals surface area contributed by atoms with Crippen LogP contribution >= 0.6 is 0 Å². The highest BCUT2D eigenvalue weighted by atomic mass is 32.2. The lowest BCUT2D eigenvalue weighted by molar-refractivity contribution is -0.142. The maximum atomic E-state index is 14.6. The molecule has 3 N–H and O–H groups in total. The van der Waals surface area contributed by atoms with Crippen LogP contribution < -0.4 is 15.4 Å². The van der Waals surface area contributed by atoms with Crippen LogP contribution in [0.15, 0.2) is 31.0 Å². The predicted octanol–water partition coefficient (Wildman–Crippen LogP) is 2.89. The van der Waals surface area contributed by atoms with Gasteiger partial charge in [0.25, 0.3) is 5.91 Å². The standard InChI is InChI=1S/C36H50N6O9S/c1-5-24-17-36(24,32(45)40-52(48,49)26-13-14-26)39-30(43)28-16-25(51-34(47)41-18-23-12-9-15-37-27(23)20-41)19-42(28)31(44)29(22-10-7-6-8-11-22)38-33(46)50-21-35(2,3)4/h5,9,12,15,22,24-26,28-29H,1,6-8,10-11,13-14,16-21H2,2-4H3,(H,38,46)(H,39,43)(H,40,45)/t24-,25?,28+,29+,36-/m1/s1. The van der Waals surface area contributed by atoms with Crippen LogP contribution in [0.25, 0.3) is 0 Å². The highest BCUT2D eigenvalue weighted by molar-refractivity contribution is 7.91. The summed E-state index contributed by atoms with van der Waals surface area (Å²) in [5, 5.41) is 4.90. The molecule has 0 bridgehead atoms. The summed E-state index contributed by atoms with van der Waals surface area (Å²) in [5.41, 5.74) is -0.229. The molecule has 1 aromatic heterocycles. The minimum Gasteiger partial charge on any atom is -0.449 e. The van der Waals surface area contributed by atoms with Crippen LogP contribution in [-0.2, 0) is 47.0 Å². The van der Waals surface area contributed by atoms with Crippen molar-refractivity contribution >= 4 is 39.9 Å². The largest absolute Gasteiger partial charge is 0.449 e. The zero-order valence-corrected chi connectivity index (χ0v) is 30.9. The Balaban J connectivity index is 1.23. The van der Waals surface area contributed by atoms with Gasteiger partial charge in [-0.05, 0) is 55.1 Å². The van der Waals surface area contributed by atoms with Crippen molar-refractivity contribution in [1.29, 1.82) is 0 Å².